The average molecular weight is 532 g/mol. The van der Waals surface area contributed by atoms with Crippen LogP contribution >= 0.6 is 0 Å². The molecular weight excluding hydrogens is 501 g/mol. The van der Waals surface area contributed by atoms with Crippen molar-refractivity contribution >= 4 is 22.5 Å². The second-order valence-electron chi connectivity index (χ2n) is 8.97. The van der Waals surface area contributed by atoms with E-state index in [0.29, 0.717) is 35.6 Å². The molecule has 0 saturated heterocycles. The summed E-state index contributed by atoms with van der Waals surface area (Å²) in [6, 6.07) is 7.71. The number of amidine groups is 1. The van der Waals surface area contributed by atoms with E-state index < -0.39 is 17.1 Å². The van der Waals surface area contributed by atoms with E-state index in [1.165, 1.54) is 19.2 Å². The molecule has 11 nitrogen and oxygen atoms in total. The highest BCUT2D eigenvalue weighted by molar-refractivity contribution is 6.09. The van der Waals surface area contributed by atoms with Crippen LogP contribution in [0.4, 0.5) is 4.39 Å². The number of hydrogen-bond acceptors (Lipinski definition) is 7. The molecule has 5 N–H and O–H groups in total. The number of benzene rings is 1. The van der Waals surface area contributed by atoms with Crippen molar-refractivity contribution in [3.8, 4) is 0 Å². The van der Waals surface area contributed by atoms with Crippen molar-refractivity contribution in [2.24, 2.45) is 35.5 Å². The van der Waals surface area contributed by atoms with Crippen molar-refractivity contribution < 1.29 is 8.81 Å². The van der Waals surface area contributed by atoms with Gasteiger partial charge in [-0.15, -0.1) is 5.10 Å². The van der Waals surface area contributed by atoms with E-state index >= 15 is 0 Å². The van der Waals surface area contributed by atoms with Gasteiger partial charge in [-0.1, -0.05) is 31.4 Å². The van der Waals surface area contributed by atoms with Crippen LogP contribution in [0.2, 0.25) is 0 Å². The molecule has 202 valence electrons. The number of halogens is 1. The quantitative estimate of drug-likeness (QED) is 0.162. The normalized spacial score (nSPS) is 14.3. The molecule has 39 heavy (non-hydrogen) atoms. The van der Waals surface area contributed by atoms with Crippen molar-refractivity contribution in [3.63, 3.8) is 0 Å². The van der Waals surface area contributed by atoms with Gasteiger partial charge in [-0.2, -0.15) is 9.78 Å². The lowest BCUT2D eigenvalue weighted by molar-refractivity contribution is 0.392. The van der Waals surface area contributed by atoms with Gasteiger partial charge in [0.05, 0.1) is 29.1 Å². The zero-order chi connectivity index (χ0) is 28.3. The molecule has 4 aromatic rings. The predicted molar refractivity (Wildman–Crippen MR) is 149 cm³/mol. The van der Waals surface area contributed by atoms with Gasteiger partial charge in [0, 0.05) is 50.2 Å². The molecule has 0 amide bonds. The number of H-pyrrole nitrogens is 1. The first-order valence-electron chi connectivity index (χ1n) is 12.0. The lowest BCUT2D eigenvalue weighted by Crippen LogP contribution is -2.41. The number of aryl methyl sites for hydroxylation is 3. The van der Waals surface area contributed by atoms with Crippen LogP contribution in [0.5, 0.6) is 0 Å². The van der Waals surface area contributed by atoms with Gasteiger partial charge < -0.3 is 20.9 Å². The maximum Gasteiger partial charge on any atom is 0.436 e. The molecule has 0 bridgehead atoms. The monoisotopic (exact) mass is 531 g/mol. The van der Waals surface area contributed by atoms with Gasteiger partial charge >= 0.3 is 5.76 Å². The second-order valence-corrected chi connectivity index (χ2v) is 8.97. The summed E-state index contributed by atoms with van der Waals surface area (Å²) >= 11 is 0. The standard InChI is InChI=1S/C27H30FN9O2/c1-16(28)10-12-21(31-3)17(2)33-23(29)13-11-20-19-8-6-7-9-22(19)34-24(20)27(30,18-14-32-36(4)15-18)25-35-37(5)26(38)39-25/h6-10,12,14-15,34H,1-2,11,13,30H2,3-5H3,(H2,29,33)/b12-10-,31-21?. The molecule has 0 spiro atoms. The summed E-state index contributed by atoms with van der Waals surface area (Å²) in [6.45, 7) is 7.09. The first-order valence-corrected chi connectivity index (χ1v) is 12.0. The summed E-state index contributed by atoms with van der Waals surface area (Å²) in [4.78, 5) is 24.1. The van der Waals surface area contributed by atoms with E-state index in [9.17, 15) is 9.18 Å². The van der Waals surface area contributed by atoms with E-state index in [2.05, 4.69) is 38.3 Å². The van der Waals surface area contributed by atoms with Gasteiger partial charge in [-0.05, 0) is 30.2 Å². The molecule has 0 aliphatic heterocycles. The third-order valence-electron chi connectivity index (χ3n) is 6.26. The summed E-state index contributed by atoms with van der Waals surface area (Å²) in [5.41, 5.74) is 15.4. The van der Waals surface area contributed by atoms with Gasteiger partial charge in [0.1, 0.15) is 5.83 Å². The van der Waals surface area contributed by atoms with E-state index in [0.717, 1.165) is 21.1 Å². The maximum atomic E-state index is 13.1. The highest BCUT2D eigenvalue weighted by Gasteiger charge is 2.42. The zero-order valence-electron chi connectivity index (χ0n) is 22.0. The average Bonchev–Trinajstić information content (AvgIpc) is 3.59. The molecule has 3 heterocycles. The Kier molecular flexibility index (Phi) is 7.58. The molecule has 4 rings (SSSR count). The van der Waals surface area contributed by atoms with Crippen LogP contribution in [-0.4, -0.2) is 43.1 Å². The maximum absolute atomic E-state index is 13.1. The highest BCUT2D eigenvalue weighted by atomic mass is 19.1. The molecule has 1 aromatic carbocycles. The number of aliphatic imine (C=N–C) groups is 2. The number of nitrogens with two attached hydrogens (primary N) is 2. The van der Waals surface area contributed by atoms with Crippen LogP contribution in [0.1, 0.15) is 29.1 Å². The third kappa shape index (κ3) is 5.41. The largest absolute Gasteiger partial charge is 0.436 e. The van der Waals surface area contributed by atoms with E-state index in [4.69, 9.17) is 15.9 Å². The summed E-state index contributed by atoms with van der Waals surface area (Å²) < 4.78 is 21.3. The summed E-state index contributed by atoms with van der Waals surface area (Å²) in [5, 5.41) is 9.48. The number of para-hydroxylation sites is 1. The van der Waals surface area contributed by atoms with Gasteiger partial charge in [0.25, 0.3) is 0 Å². The van der Waals surface area contributed by atoms with Crippen LogP contribution in [0.3, 0.4) is 0 Å². The highest BCUT2D eigenvalue weighted by Crippen LogP contribution is 2.37. The molecule has 1 atom stereocenters. The minimum absolute atomic E-state index is 0.0101. The number of nitrogens with one attached hydrogen (secondary N) is 1. The topological polar surface area (TPSA) is 158 Å². The van der Waals surface area contributed by atoms with Crippen molar-refractivity contribution in [2.75, 3.05) is 7.05 Å². The SMILES string of the molecule is C=C(F)/C=C\C(=NC)C(=C)N=C(N)CCc1c(C(N)(c2cnn(C)c2)c2nn(C)c(=O)o2)[nH]c2ccccc12. The Hall–Kier alpha value is -4.84. The smallest absolute Gasteiger partial charge is 0.389 e. The van der Waals surface area contributed by atoms with Crippen molar-refractivity contribution in [1.82, 2.24) is 24.5 Å². The van der Waals surface area contributed by atoms with Gasteiger partial charge in [-0.3, -0.25) is 9.67 Å². The summed E-state index contributed by atoms with van der Waals surface area (Å²) in [6.07, 6.45) is 6.71. The number of aromatic nitrogens is 5. The molecule has 0 aliphatic rings. The molecule has 1 unspecified atom stereocenters. The number of allylic oxidation sites excluding steroid dienone is 3. The fourth-order valence-electron chi connectivity index (χ4n) is 4.31. The van der Waals surface area contributed by atoms with Crippen LogP contribution in [-0.2, 0) is 26.1 Å². The minimum atomic E-state index is -1.47. The number of aromatic amines is 1. The first kappa shape index (κ1) is 27.2. The predicted octanol–water partition coefficient (Wildman–Crippen LogP) is 2.75. The van der Waals surface area contributed by atoms with Gasteiger partial charge in [0.15, 0.2) is 5.54 Å². The molecule has 0 radical (unpaired) electrons. The van der Waals surface area contributed by atoms with Crippen LogP contribution in [0, 0.1) is 0 Å². The fourth-order valence-corrected chi connectivity index (χ4v) is 4.31. The van der Waals surface area contributed by atoms with Crippen molar-refractivity contribution in [3.05, 3.63) is 107 Å². The van der Waals surface area contributed by atoms with Crippen LogP contribution < -0.4 is 17.2 Å². The molecule has 0 fully saturated rings. The Morgan fingerprint density at radius 1 is 1.28 bits per heavy atom. The van der Waals surface area contributed by atoms with E-state index in [-0.39, 0.29) is 11.6 Å². The lowest BCUT2D eigenvalue weighted by atomic mass is 9.85. The molecule has 12 heteroatoms. The minimum Gasteiger partial charge on any atom is -0.389 e. The Morgan fingerprint density at radius 3 is 2.64 bits per heavy atom. The van der Waals surface area contributed by atoms with Crippen molar-refractivity contribution in [2.45, 2.75) is 18.4 Å². The lowest BCUT2D eigenvalue weighted by Gasteiger charge is -2.25. The Labute approximate surface area is 223 Å². The third-order valence-corrected chi connectivity index (χ3v) is 6.26. The number of fused-ring (bicyclic) bond motifs is 1. The molecular formula is C27H30FN9O2. The Bertz CT molecular complexity index is 1700. The van der Waals surface area contributed by atoms with Crippen LogP contribution in [0.25, 0.3) is 10.9 Å². The number of nitrogens with zero attached hydrogens (tertiary/aromatic N) is 6. The number of hydrogen-bond donors (Lipinski definition) is 3. The second kappa shape index (κ2) is 10.9. The van der Waals surface area contributed by atoms with Gasteiger partial charge in [0.2, 0.25) is 5.89 Å². The van der Waals surface area contributed by atoms with E-state index in [1.54, 1.807) is 31.2 Å². The van der Waals surface area contributed by atoms with E-state index in [1.807, 2.05) is 24.3 Å². The van der Waals surface area contributed by atoms with Crippen molar-refractivity contribution in [1.29, 1.82) is 0 Å². The Morgan fingerprint density at radius 2 is 2.03 bits per heavy atom. The Balaban J connectivity index is 1.78. The number of rotatable bonds is 10. The molecule has 0 aliphatic carbocycles. The summed E-state index contributed by atoms with van der Waals surface area (Å²) in [7, 11) is 4.80. The fraction of sp³-hybridized carbons (Fsp3) is 0.222. The summed E-state index contributed by atoms with van der Waals surface area (Å²) in [5.74, 6) is -0.959. The first-order chi connectivity index (χ1) is 18.5. The molecule has 0 saturated carbocycles. The van der Waals surface area contributed by atoms with Crippen LogP contribution in [0.15, 0.2) is 92.7 Å². The zero-order valence-corrected chi connectivity index (χ0v) is 22.0. The van der Waals surface area contributed by atoms with Gasteiger partial charge in [-0.25, -0.2) is 14.2 Å². The molecule has 3 aromatic heterocycles.